The lowest BCUT2D eigenvalue weighted by molar-refractivity contribution is 0.271. The van der Waals surface area contributed by atoms with E-state index >= 15 is 0 Å². The molecule has 0 amide bonds. The van der Waals surface area contributed by atoms with Crippen LogP contribution in [0.1, 0.15) is 53.1 Å². The molecule has 1 aromatic carbocycles. The molecule has 1 aromatic rings. The van der Waals surface area contributed by atoms with E-state index in [-0.39, 0.29) is 35.8 Å². The van der Waals surface area contributed by atoms with Crippen LogP contribution in [-0.4, -0.2) is 45.1 Å². The largest absolute Gasteiger partial charge is 0.493 e. The number of hydrogen-bond donors (Lipinski definition) is 2. The molecule has 8 heteroatoms. The molecule has 0 heterocycles. The SMILES string of the molecule is CN=C(NCCS(=O)(=O)C(C)(C)C)NC(C)c1ccc(OCC(C)C)cc1.I. The van der Waals surface area contributed by atoms with Crippen molar-refractivity contribution >= 4 is 39.8 Å². The topological polar surface area (TPSA) is 79.8 Å². The molecule has 2 N–H and O–H groups in total. The number of nitrogens with one attached hydrogen (secondary N) is 2. The predicted molar refractivity (Wildman–Crippen MR) is 129 cm³/mol. The molecule has 0 aliphatic rings. The number of ether oxygens (including phenoxy) is 1. The van der Waals surface area contributed by atoms with E-state index in [1.807, 2.05) is 31.2 Å². The average Bonchev–Trinajstić information content (AvgIpc) is 2.58. The van der Waals surface area contributed by atoms with Crippen molar-refractivity contribution in [2.45, 2.75) is 52.3 Å². The number of halogens is 1. The highest BCUT2D eigenvalue weighted by atomic mass is 127. The molecule has 0 saturated heterocycles. The molecule has 162 valence electrons. The zero-order valence-corrected chi connectivity index (χ0v) is 21.2. The Morgan fingerprint density at radius 2 is 1.71 bits per heavy atom. The molecule has 0 aliphatic heterocycles. The zero-order chi connectivity index (χ0) is 20.7. The summed E-state index contributed by atoms with van der Waals surface area (Å²) in [6.45, 7) is 12.4. The van der Waals surface area contributed by atoms with Crippen molar-refractivity contribution in [3.05, 3.63) is 29.8 Å². The maximum atomic E-state index is 12.2. The first-order valence-corrected chi connectivity index (χ1v) is 11.0. The van der Waals surface area contributed by atoms with Crippen LogP contribution in [0, 0.1) is 5.92 Å². The minimum absolute atomic E-state index is 0. The number of guanidine groups is 1. The summed E-state index contributed by atoms with van der Waals surface area (Å²) in [6, 6.07) is 7.98. The highest BCUT2D eigenvalue weighted by Gasteiger charge is 2.28. The summed E-state index contributed by atoms with van der Waals surface area (Å²) in [5, 5.41) is 6.36. The molecule has 1 atom stereocenters. The number of nitrogens with zero attached hydrogens (tertiary/aromatic N) is 1. The molecule has 0 bridgehead atoms. The van der Waals surface area contributed by atoms with Crippen LogP contribution in [0.25, 0.3) is 0 Å². The van der Waals surface area contributed by atoms with Gasteiger partial charge < -0.3 is 15.4 Å². The molecular weight excluding hydrogens is 489 g/mol. The number of rotatable bonds is 8. The fourth-order valence-corrected chi connectivity index (χ4v) is 3.19. The fraction of sp³-hybridized carbons (Fsp3) is 0.650. The van der Waals surface area contributed by atoms with Crippen LogP contribution in [0.15, 0.2) is 29.3 Å². The van der Waals surface area contributed by atoms with Crippen LogP contribution in [0.2, 0.25) is 0 Å². The van der Waals surface area contributed by atoms with Gasteiger partial charge in [0.1, 0.15) is 5.75 Å². The standard InChI is InChI=1S/C20H35N3O3S.HI/c1-15(2)14-26-18-10-8-17(9-11-18)16(3)23-19(21-7)22-12-13-27(24,25)20(4,5)6;/h8-11,15-16H,12-14H2,1-7H3,(H2,21,22,23);1H. The van der Waals surface area contributed by atoms with E-state index in [4.69, 9.17) is 4.74 Å². The Balaban J connectivity index is 0.00000729. The van der Waals surface area contributed by atoms with Gasteiger partial charge >= 0.3 is 0 Å². The first-order chi connectivity index (χ1) is 12.5. The summed E-state index contributed by atoms with van der Waals surface area (Å²) in [4.78, 5) is 4.18. The van der Waals surface area contributed by atoms with Gasteiger partial charge in [0.25, 0.3) is 0 Å². The van der Waals surface area contributed by atoms with Gasteiger partial charge in [-0.1, -0.05) is 26.0 Å². The van der Waals surface area contributed by atoms with Gasteiger partial charge in [-0.3, -0.25) is 4.99 Å². The number of benzene rings is 1. The van der Waals surface area contributed by atoms with Gasteiger partial charge in [-0.25, -0.2) is 8.42 Å². The molecule has 0 aliphatic carbocycles. The molecular formula is C20H36IN3O3S. The van der Waals surface area contributed by atoms with Crippen LogP contribution in [0.3, 0.4) is 0 Å². The van der Waals surface area contributed by atoms with E-state index < -0.39 is 14.6 Å². The Bertz CT molecular complexity index is 711. The van der Waals surface area contributed by atoms with Crippen LogP contribution in [0.5, 0.6) is 5.75 Å². The second kappa shape index (κ2) is 11.8. The van der Waals surface area contributed by atoms with Crippen molar-refractivity contribution in [2.24, 2.45) is 10.9 Å². The van der Waals surface area contributed by atoms with E-state index in [1.54, 1.807) is 27.8 Å². The number of sulfone groups is 1. The summed E-state index contributed by atoms with van der Waals surface area (Å²) in [7, 11) is -1.49. The molecule has 28 heavy (non-hydrogen) atoms. The second-order valence-corrected chi connectivity index (χ2v) is 10.9. The Labute approximate surface area is 187 Å². The Hall–Kier alpha value is -1.03. The first kappa shape index (κ1) is 27.0. The zero-order valence-electron chi connectivity index (χ0n) is 18.1. The minimum Gasteiger partial charge on any atom is -0.493 e. The maximum absolute atomic E-state index is 12.2. The summed E-state index contributed by atoms with van der Waals surface area (Å²) in [6.07, 6.45) is 0. The minimum atomic E-state index is -3.16. The quantitative estimate of drug-likeness (QED) is 0.307. The van der Waals surface area contributed by atoms with Crippen LogP contribution >= 0.6 is 24.0 Å². The average molecular weight is 525 g/mol. The Morgan fingerprint density at radius 3 is 2.18 bits per heavy atom. The highest BCUT2D eigenvalue weighted by molar-refractivity contribution is 14.0. The monoisotopic (exact) mass is 525 g/mol. The molecule has 0 saturated carbocycles. The Kier molecular flexibility index (Phi) is 11.4. The van der Waals surface area contributed by atoms with Gasteiger partial charge in [0.2, 0.25) is 0 Å². The first-order valence-electron chi connectivity index (χ1n) is 9.38. The molecule has 0 radical (unpaired) electrons. The van der Waals surface area contributed by atoms with E-state index in [2.05, 4.69) is 29.5 Å². The molecule has 1 unspecified atom stereocenters. The van der Waals surface area contributed by atoms with Gasteiger partial charge in [-0.05, 0) is 51.3 Å². The van der Waals surface area contributed by atoms with Crippen molar-refractivity contribution in [1.29, 1.82) is 0 Å². The molecule has 6 nitrogen and oxygen atoms in total. The molecule has 0 spiro atoms. The van der Waals surface area contributed by atoms with E-state index in [0.29, 0.717) is 25.0 Å². The summed E-state index contributed by atoms with van der Waals surface area (Å²) < 4.78 is 29.3. The fourth-order valence-electron chi connectivity index (χ4n) is 2.21. The van der Waals surface area contributed by atoms with E-state index in [9.17, 15) is 8.42 Å². The van der Waals surface area contributed by atoms with Crippen LogP contribution < -0.4 is 15.4 Å². The van der Waals surface area contributed by atoms with Gasteiger partial charge in [0.05, 0.1) is 23.1 Å². The van der Waals surface area contributed by atoms with Crippen molar-refractivity contribution < 1.29 is 13.2 Å². The van der Waals surface area contributed by atoms with Crippen LogP contribution in [-0.2, 0) is 9.84 Å². The highest BCUT2D eigenvalue weighted by Crippen LogP contribution is 2.18. The van der Waals surface area contributed by atoms with Gasteiger partial charge in [0, 0.05) is 13.6 Å². The molecule has 1 rings (SSSR count). The third-order valence-corrected chi connectivity index (χ3v) is 6.74. The molecule has 0 fully saturated rings. The third-order valence-electron chi connectivity index (χ3n) is 4.14. The lowest BCUT2D eigenvalue weighted by Crippen LogP contribution is -2.42. The van der Waals surface area contributed by atoms with Crippen molar-refractivity contribution in [1.82, 2.24) is 10.6 Å². The number of hydrogen-bond acceptors (Lipinski definition) is 4. The van der Waals surface area contributed by atoms with E-state index in [0.717, 1.165) is 11.3 Å². The van der Waals surface area contributed by atoms with Gasteiger partial charge in [-0.15, -0.1) is 24.0 Å². The maximum Gasteiger partial charge on any atom is 0.191 e. The van der Waals surface area contributed by atoms with Crippen LogP contribution in [0.4, 0.5) is 0 Å². The summed E-state index contributed by atoms with van der Waals surface area (Å²) in [5.41, 5.74) is 1.09. The van der Waals surface area contributed by atoms with Crippen molar-refractivity contribution in [2.75, 3.05) is 26.0 Å². The second-order valence-electron chi connectivity index (χ2n) is 8.07. The lowest BCUT2D eigenvalue weighted by atomic mass is 10.1. The normalized spacial score (nSPS) is 13.6. The Morgan fingerprint density at radius 1 is 1.14 bits per heavy atom. The van der Waals surface area contributed by atoms with Gasteiger partial charge in [-0.2, -0.15) is 0 Å². The third kappa shape index (κ3) is 8.98. The van der Waals surface area contributed by atoms with Crippen molar-refractivity contribution in [3.63, 3.8) is 0 Å². The smallest absolute Gasteiger partial charge is 0.191 e. The van der Waals surface area contributed by atoms with E-state index in [1.165, 1.54) is 0 Å². The summed E-state index contributed by atoms with van der Waals surface area (Å²) >= 11 is 0. The lowest BCUT2D eigenvalue weighted by Gasteiger charge is -2.21. The van der Waals surface area contributed by atoms with Gasteiger partial charge in [0.15, 0.2) is 15.8 Å². The summed E-state index contributed by atoms with van der Waals surface area (Å²) in [5.74, 6) is 1.98. The molecule has 0 aromatic heterocycles. The number of aliphatic imine (C=N–C) groups is 1. The van der Waals surface area contributed by atoms with Crippen molar-refractivity contribution in [3.8, 4) is 5.75 Å². The predicted octanol–water partition coefficient (Wildman–Crippen LogP) is 3.78.